The van der Waals surface area contributed by atoms with Crippen LogP contribution in [0.2, 0.25) is 0 Å². The number of benzene rings is 2. The van der Waals surface area contributed by atoms with Gasteiger partial charge >= 0.3 is 17.9 Å². The molecule has 0 saturated heterocycles. The number of esters is 2. The topological polar surface area (TPSA) is 211 Å². The molecule has 0 aliphatic heterocycles. The van der Waals surface area contributed by atoms with Gasteiger partial charge in [0, 0.05) is 25.0 Å². The highest BCUT2D eigenvalue weighted by atomic mass is 16.6. The molecule has 3 rings (SSSR count). The number of aliphatic hydroxyl groups is 2. The molecule has 0 spiro atoms. The molecular weight excluding hydrogens is 492 g/mol. The second-order valence-corrected chi connectivity index (χ2v) is 8.33. The molecule has 2 aromatic rings. The van der Waals surface area contributed by atoms with E-state index < -0.39 is 66.2 Å². The summed E-state index contributed by atoms with van der Waals surface area (Å²) in [7, 11) is 0. The van der Waals surface area contributed by atoms with E-state index in [0.717, 1.165) is 18.2 Å². The number of carbonyl (C=O) groups excluding carboxylic acids is 2. The van der Waals surface area contributed by atoms with Gasteiger partial charge in [-0.2, -0.15) is 0 Å². The molecule has 0 bridgehead atoms. The summed E-state index contributed by atoms with van der Waals surface area (Å²) in [4.78, 5) is 36.7. The van der Waals surface area contributed by atoms with Crippen LogP contribution in [0.15, 0.2) is 48.6 Å². The number of rotatable bonds is 7. The molecule has 2 aromatic carbocycles. The van der Waals surface area contributed by atoms with Gasteiger partial charge in [0.1, 0.15) is 12.2 Å². The van der Waals surface area contributed by atoms with Gasteiger partial charge in [-0.3, -0.25) is 0 Å². The van der Waals surface area contributed by atoms with Gasteiger partial charge < -0.3 is 45.2 Å². The molecular formula is C25H24O12. The van der Waals surface area contributed by atoms with Crippen LogP contribution in [0.4, 0.5) is 0 Å². The van der Waals surface area contributed by atoms with E-state index in [1.807, 2.05) is 0 Å². The van der Waals surface area contributed by atoms with Gasteiger partial charge in [0.15, 0.2) is 23.0 Å². The fourth-order valence-corrected chi connectivity index (χ4v) is 3.68. The van der Waals surface area contributed by atoms with Crippen LogP contribution in [-0.4, -0.2) is 77.6 Å². The SMILES string of the molecule is O=C(C=Cc1ccc(O)c(O)c1)OC1C[C@](OC(=O)C=Cc2ccc(O)c(O)c2)(C(=O)O)CC(O)C1O. The van der Waals surface area contributed by atoms with Gasteiger partial charge in [0.2, 0.25) is 5.60 Å². The van der Waals surface area contributed by atoms with Crippen LogP contribution in [0, 0.1) is 0 Å². The molecule has 196 valence electrons. The van der Waals surface area contributed by atoms with Crippen LogP contribution in [-0.2, 0) is 23.9 Å². The van der Waals surface area contributed by atoms with Gasteiger partial charge in [0.05, 0.1) is 6.10 Å². The van der Waals surface area contributed by atoms with Crippen molar-refractivity contribution < 1.29 is 59.6 Å². The lowest BCUT2D eigenvalue weighted by atomic mass is 9.79. The Morgan fingerprint density at radius 2 is 1.30 bits per heavy atom. The van der Waals surface area contributed by atoms with Gasteiger partial charge in [-0.15, -0.1) is 0 Å². The zero-order chi connectivity index (χ0) is 27.3. The Kier molecular flexibility index (Phi) is 8.05. The molecule has 12 heteroatoms. The van der Waals surface area contributed by atoms with E-state index in [9.17, 15) is 50.1 Å². The summed E-state index contributed by atoms with van der Waals surface area (Å²) in [5, 5.41) is 68.0. The molecule has 1 fully saturated rings. The van der Waals surface area contributed by atoms with Crippen LogP contribution in [0.3, 0.4) is 0 Å². The second-order valence-electron chi connectivity index (χ2n) is 8.33. The third-order valence-electron chi connectivity index (χ3n) is 5.62. The van der Waals surface area contributed by atoms with Crippen LogP contribution in [0.25, 0.3) is 12.2 Å². The summed E-state index contributed by atoms with van der Waals surface area (Å²) >= 11 is 0. The fraction of sp³-hybridized carbons (Fsp3) is 0.240. The lowest BCUT2D eigenvalue weighted by Gasteiger charge is -2.41. The highest BCUT2D eigenvalue weighted by molar-refractivity contribution is 5.91. The third kappa shape index (κ3) is 6.57. The molecule has 0 aromatic heterocycles. The summed E-state index contributed by atoms with van der Waals surface area (Å²) in [5.41, 5.74) is -1.73. The van der Waals surface area contributed by atoms with E-state index in [1.165, 1.54) is 42.5 Å². The van der Waals surface area contributed by atoms with E-state index in [-0.39, 0.29) is 17.1 Å². The van der Waals surface area contributed by atoms with Crippen molar-refractivity contribution in [1.29, 1.82) is 0 Å². The molecule has 37 heavy (non-hydrogen) atoms. The molecule has 0 amide bonds. The van der Waals surface area contributed by atoms with Crippen LogP contribution >= 0.6 is 0 Å². The Bertz CT molecular complexity index is 1250. The van der Waals surface area contributed by atoms with Crippen molar-refractivity contribution in [3.63, 3.8) is 0 Å². The van der Waals surface area contributed by atoms with E-state index in [2.05, 4.69) is 0 Å². The summed E-state index contributed by atoms with van der Waals surface area (Å²) in [6.07, 6.45) is -2.09. The maximum absolute atomic E-state index is 12.4. The van der Waals surface area contributed by atoms with Gasteiger partial charge in [-0.1, -0.05) is 12.1 Å². The van der Waals surface area contributed by atoms with Gasteiger partial charge in [0.25, 0.3) is 0 Å². The van der Waals surface area contributed by atoms with Crippen molar-refractivity contribution >= 4 is 30.1 Å². The maximum atomic E-state index is 12.4. The molecule has 0 heterocycles. The first-order valence-corrected chi connectivity index (χ1v) is 10.8. The molecule has 7 N–H and O–H groups in total. The number of carboxylic acid groups (broad SMARTS) is 1. The molecule has 1 saturated carbocycles. The maximum Gasteiger partial charge on any atom is 0.348 e. The first-order chi connectivity index (χ1) is 17.4. The number of aliphatic hydroxyl groups excluding tert-OH is 2. The lowest BCUT2D eigenvalue weighted by molar-refractivity contribution is -0.207. The summed E-state index contributed by atoms with van der Waals surface area (Å²) in [6.45, 7) is 0. The van der Waals surface area contributed by atoms with E-state index in [1.54, 1.807) is 0 Å². The van der Waals surface area contributed by atoms with Crippen LogP contribution < -0.4 is 0 Å². The number of carbonyl (C=O) groups is 3. The Morgan fingerprint density at radius 1 is 0.784 bits per heavy atom. The van der Waals surface area contributed by atoms with Crippen molar-refractivity contribution in [1.82, 2.24) is 0 Å². The molecule has 1 aliphatic carbocycles. The standard InChI is InChI=1S/C25H24O12/c26-15-5-1-13(9-17(15)28)3-7-21(31)36-20-12-25(24(34)35,11-19(30)23(20)33)37-22(32)8-4-14-2-6-16(27)18(29)10-14/h1-10,19-20,23,26-30,33H,11-12H2,(H,34,35)/t19?,20?,23?,25-/m0/s1. The molecule has 4 atom stereocenters. The number of hydrogen-bond donors (Lipinski definition) is 7. The number of phenolic OH excluding ortho intramolecular Hbond substituents is 4. The quantitative estimate of drug-likeness (QED) is 0.156. The predicted octanol–water partition coefficient (Wildman–Crippen LogP) is 1.03. The van der Waals surface area contributed by atoms with Crippen LogP contribution in [0.5, 0.6) is 23.0 Å². The normalized spacial score (nSPS) is 23.7. The fourth-order valence-electron chi connectivity index (χ4n) is 3.68. The van der Waals surface area contributed by atoms with E-state index in [0.29, 0.717) is 5.56 Å². The number of aliphatic carboxylic acids is 1. The summed E-state index contributed by atoms with van der Waals surface area (Å²) in [6, 6.07) is 7.44. The first-order valence-electron chi connectivity index (χ1n) is 10.8. The predicted molar refractivity (Wildman–Crippen MR) is 125 cm³/mol. The molecule has 3 unspecified atom stereocenters. The zero-order valence-electron chi connectivity index (χ0n) is 19.1. The summed E-state index contributed by atoms with van der Waals surface area (Å²) < 4.78 is 10.2. The Morgan fingerprint density at radius 3 is 1.78 bits per heavy atom. The minimum Gasteiger partial charge on any atom is -0.504 e. The van der Waals surface area contributed by atoms with Crippen molar-refractivity contribution in [2.75, 3.05) is 0 Å². The number of carboxylic acids is 1. The molecule has 12 nitrogen and oxygen atoms in total. The smallest absolute Gasteiger partial charge is 0.348 e. The summed E-state index contributed by atoms with van der Waals surface area (Å²) in [5.74, 6) is -5.41. The van der Waals surface area contributed by atoms with Gasteiger partial charge in [-0.05, 0) is 47.5 Å². The Hall–Kier alpha value is -4.55. The van der Waals surface area contributed by atoms with Crippen molar-refractivity contribution in [3.05, 3.63) is 59.7 Å². The lowest BCUT2D eigenvalue weighted by Crippen LogP contribution is -2.58. The van der Waals surface area contributed by atoms with Gasteiger partial charge in [-0.25, -0.2) is 14.4 Å². The van der Waals surface area contributed by atoms with Crippen molar-refractivity contribution in [2.45, 2.75) is 36.8 Å². The molecule has 0 radical (unpaired) electrons. The van der Waals surface area contributed by atoms with E-state index >= 15 is 0 Å². The minimum atomic E-state index is -2.34. The zero-order valence-corrected chi connectivity index (χ0v) is 19.1. The number of ether oxygens (including phenoxy) is 2. The molecule has 1 aliphatic rings. The number of hydrogen-bond acceptors (Lipinski definition) is 11. The van der Waals surface area contributed by atoms with Crippen LogP contribution in [0.1, 0.15) is 24.0 Å². The average Bonchev–Trinajstić information content (AvgIpc) is 2.83. The monoisotopic (exact) mass is 516 g/mol. The minimum absolute atomic E-state index is 0.288. The Balaban J connectivity index is 1.73. The highest BCUT2D eigenvalue weighted by Crippen LogP contribution is 2.35. The van der Waals surface area contributed by atoms with E-state index in [4.69, 9.17) is 9.47 Å². The van der Waals surface area contributed by atoms with Crippen molar-refractivity contribution in [3.8, 4) is 23.0 Å². The Labute approximate surface area is 209 Å². The average molecular weight is 516 g/mol. The number of phenols is 4. The van der Waals surface area contributed by atoms with Crippen molar-refractivity contribution in [2.24, 2.45) is 0 Å². The second kappa shape index (κ2) is 11.0. The number of aromatic hydroxyl groups is 4. The highest BCUT2D eigenvalue weighted by Gasteiger charge is 2.54. The first kappa shape index (κ1) is 27.0. The third-order valence-corrected chi connectivity index (χ3v) is 5.62. The largest absolute Gasteiger partial charge is 0.504 e.